The molecule has 4 heteroatoms. The van der Waals surface area contributed by atoms with E-state index < -0.39 is 11.2 Å². The minimum Gasteiger partial charge on any atom is -0.496 e. The molecule has 100 valence electrons. The summed E-state index contributed by atoms with van der Waals surface area (Å²) in [5.74, 6) is -0.212. The predicted octanol–water partition coefficient (Wildman–Crippen LogP) is 4.50. The number of benzene rings is 2. The van der Waals surface area contributed by atoms with Crippen molar-refractivity contribution in [2.45, 2.75) is 11.8 Å². The second-order valence-corrected chi connectivity index (χ2v) is 4.68. The van der Waals surface area contributed by atoms with Gasteiger partial charge in [0.2, 0.25) is 0 Å². The van der Waals surface area contributed by atoms with Gasteiger partial charge in [0.05, 0.1) is 12.5 Å². The van der Waals surface area contributed by atoms with E-state index in [-0.39, 0.29) is 12.2 Å². The molecule has 0 amide bonds. The normalized spacial score (nSPS) is 12.2. The molecule has 2 aromatic carbocycles. The summed E-state index contributed by atoms with van der Waals surface area (Å²) in [6.07, 6.45) is 0.272. The first-order chi connectivity index (χ1) is 9.11. The van der Waals surface area contributed by atoms with E-state index in [0.717, 1.165) is 0 Å². The lowest BCUT2D eigenvalue weighted by molar-refractivity contribution is 0.407. The van der Waals surface area contributed by atoms with Crippen molar-refractivity contribution < 1.29 is 13.5 Å². The van der Waals surface area contributed by atoms with E-state index in [4.69, 9.17) is 16.3 Å². The Morgan fingerprint density at radius 3 is 2.58 bits per heavy atom. The highest BCUT2D eigenvalue weighted by Crippen LogP contribution is 2.33. The Hall–Kier alpha value is -1.61. The first-order valence-corrected chi connectivity index (χ1v) is 6.26. The zero-order valence-corrected chi connectivity index (χ0v) is 11.1. The van der Waals surface area contributed by atoms with Crippen molar-refractivity contribution in [3.8, 4) is 5.75 Å². The van der Waals surface area contributed by atoms with Crippen LogP contribution in [0.3, 0.4) is 0 Å². The fourth-order valence-electron chi connectivity index (χ4n) is 1.92. The summed E-state index contributed by atoms with van der Waals surface area (Å²) in [5, 5.41) is -0.553. The standard InChI is InChI=1S/C15H13ClF2O/c1-19-15-7-6-11(17)9-12(15)13(16)8-10-4-2-3-5-14(10)18/h2-7,9,13H,8H2,1H3. The Morgan fingerprint density at radius 2 is 1.89 bits per heavy atom. The number of hydrogen-bond donors (Lipinski definition) is 0. The highest BCUT2D eigenvalue weighted by molar-refractivity contribution is 6.21. The van der Waals surface area contributed by atoms with Crippen molar-refractivity contribution in [1.29, 1.82) is 0 Å². The van der Waals surface area contributed by atoms with Crippen LogP contribution in [0, 0.1) is 11.6 Å². The highest BCUT2D eigenvalue weighted by Gasteiger charge is 2.16. The van der Waals surface area contributed by atoms with E-state index in [1.165, 1.54) is 31.4 Å². The molecule has 2 aromatic rings. The van der Waals surface area contributed by atoms with E-state index in [1.54, 1.807) is 18.2 Å². The third kappa shape index (κ3) is 3.24. The van der Waals surface area contributed by atoms with E-state index in [1.807, 2.05) is 0 Å². The van der Waals surface area contributed by atoms with Crippen LogP contribution in [0.5, 0.6) is 5.75 Å². The van der Waals surface area contributed by atoms with Gasteiger partial charge in [-0.15, -0.1) is 11.6 Å². The van der Waals surface area contributed by atoms with Gasteiger partial charge >= 0.3 is 0 Å². The largest absolute Gasteiger partial charge is 0.496 e. The van der Waals surface area contributed by atoms with Crippen molar-refractivity contribution in [3.63, 3.8) is 0 Å². The van der Waals surface area contributed by atoms with Gasteiger partial charge in [-0.05, 0) is 36.2 Å². The highest BCUT2D eigenvalue weighted by atomic mass is 35.5. The van der Waals surface area contributed by atoms with Gasteiger partial charge in [-0.2, -0.15) is 0 Å². The average Bonchev–Trinajstić information content (AvgIpc) is 2.41. The van der Waals surface area contributed by atoms with Crippen LogP contribution in [0.15, 0.2) is 42.5 Å². The van der Waals surface area contributed by atoms with Crippen molar-refractivity contribution in [2.75, 3.05) is 7.11 Å². The van der Waals surface area contributed by atoms with Crippen molar-refractivity contribution in [2.24, 2.45) is 0 Å². The van der Waals surface area contributed by atoms with Gasteiger partial charge < -0.3 is 4.74 Å². The molecule has 0 bridgehead atoms. The molecule has 0 aliphatic rings. The molecule has 0 aliphatic carbocycles. The first kappa shape index (κ1) is 13.8. The van der Waals surface area contributed by atoms with Gasteiger partial charge in [0.1, 0.15) is 17.4 Å². The topological polar surface area (TPSA) is 9.23 Å². The average molecular weight is 283 g/mol. The molecule has 1 nitrogen and oxygen atoms in total. The second kappa shape index (κ2) is 6.02. The molecule has 0 fully saturated rings. The Kier molecular flexibility index (Phi) is 4.38. The Balaban J connectivity index is 2.27. The third-order valence-corrected chi connectivity index (χ3v) is 3.28. The molecule has 0 aliphatic heterocycles. The van der Waals surface area contributed by atoms with Gasteiger partial charge in [0.25, 0.3) is 0 Å². The fourth-order valence-corrected chi connectivity index (χ4v) is 2.25. The second-order valence-electron chi connectivity index (χ2n) is 4.15. The minimum atomic E-state index is -0.553. The maximum Gasteiger partial charge on any atom is 0.126 e. The Morgan fingerprint density at radius 1 is 1.16 bits per heavy atom. The zero-order chi connectivity index (χ0) is 13.8. The van der Waals surface area contributed by atoms with Crippen molar-refractivity contribution in [1.82, 2.24) is 0 Å². The quantitative estimate of drug-likeness (QED) is 0.751. The molecule has 19 heavy (non-hydrogen) atoms. The number of ether oxygens (including phenoxy) is 1. The smallest absolute Gasteiger partial charge is 0.126 e. The Labute approximate surface area is 115 Å². The van der Waals surface area contributed by atoms with E-state index in [2.05, 4.69) is 0 Å². The molecule has 0 heterocycles. The SMILES string of the molecule is COc1ccc(F)cc1C(Cl)Cc1ccccc1F. The number of hydrogen-bond acceptors (Lipinski definition) is 1. The summed E-state index contributed by atoms with van der Waals surface area (Å²) in [4.78, 5) is 0. The molecular weight excluding hydrogens is 270 g/mol. The third-order valence-electron chi connectivity index (χ3n) is 2.89. The molecule has 0 aromatic heterocycles. The maximum atomic E-state index is 13.6. The minimum absolute atomic E-state index is 0.272. The van der Waals surface area contributed by atoms with Crippen LogP contribution in [0.2, 0.25) is 0 Å². The number of methoxy groups -OCH3 is 1. The van der Waals surface area contributed by atoms with Gasteiger partial charge in [0, 0.05) is 5.56 Å². The summed E-state index contributed by atoms with van der Waals surface area (Å²) in [6.45, 7) is 0. The molecule has 1 unspecified atom stereocenters. The lowest BCUT2D eigenvalue weighted by Gasteiger charge is -2.14. The van der Waals surface area contributed by atoms with Gasteiger partial charge in [-0.25, -0.2) is 8.78 Å². The molecule has 2 rings (SSSR count). The molecule has 1 atom stereocenters. The van der Waals surface area contributed by atoms with Gasteiger partial charge in [0.15, 0.2) is 0 Å². The van der Waals surface area contributed by atoms with Crippen LogP contribution in [-0.2, 0) is 6.42 Å². The summed E-state index contributed by atoms with van der Waals surface area (Å²) in [6, 6.07) is 10.5. The number of rotatable bonds is 4. The molecule has 0 N–H and O–H groups in total. The van der Waals surface area contributed by atoms with Crippen LogP contribution in [-0.4, -0.2) is 7.11 Å². The first-order valence-electron chi connectivity index (χ1n) is 5.82. The molecule has 0 radical (unpaired) electrons. The maximum absolute atomic E-state index is 13.6. The monoisotopic (exact) mass is 282 g/mol. The van der Waals surface area contributed by atoms with E-state index >= 15 is 0 Å². The van der Waals surface area contributed by atoms with Gasteiger partial charge in [-0.3, -0.25) is 0 Å². The molecular formula is C15H13ClF2O. The zero-order valence-electron chi connectivity index (χ0n) is 10.4. The molecule has 0 saturated heterocycles. The van der Waals surface area contributed by atoms with E-state index in [0.29, 0.717) is 16.9 Å². The van der Waals surface area contributed by atoms with Crippen LogP contribution in [0.1, 0.15) is 16.5 Å². The van der Waals surface area contributed by atoms with Gasteiger partial charge in [-0.1, -0.05) is 18.2 Å². The molecule has 0 saturated carbocycles. The number of alkyl halides is 1. The Bertz CT molecular complexity index is 572. The summed E-state index contributed by atoms with van der Waals surface area (Å²) < 4.78 is 32.0. The number of halogens is 3. The predicted molar refractivity (Wildman–Crippen MR) is 71.7 cm³/mol. The lowest BCUT2D eigenvalue weighted by Crippen LogP contribution is -2.01. The summed E-state index contributed by atoms with van der Waals surface area (Å²) >= 11 is 6.26. The van der Waals surface area contributed by atoms with Crippen LogP contribution >= 0.6 is 11.6 Å². The summed E-state index contributed by atoms with van der Waals surface area (Å²) in [7, 11) is 1.49. The lowest BCUT2D eigenvalue weighted by atomic mass is 10.0. The van der Waals surface area contributed by atoms with Crippen molar-refractivity contribution >= 4 is 11.6 Å². The van der Waals surface area contributed by atoms with Crippen molar-refractivity contribution in [3.05, 3.63) is 65.2 Å². The van der Waals surface area contributed by atoms with E-state index in [9.17, 15) is 8.78 Å². The summed E-state index contributed by atoms with van der Waals surface area (Å²) in [5.41, 5.74) is 1.02. The molecule has 0 spiro atoms. The van der Waals surface area contributed by atoms with Crippen LogP contribution < -0.4 is 4.74 Å². The van der Waals surface area contributed by atoms with Crippen LogP contribution in [0.4, 0.5) is 8.78 Å². The fraction of sp³-hybridized carbons (Fsp3) is 0.200. The van der Waals surface area contributed by atoms with Crippen LogP contribution in [0.25, 0.3) is 0 Å².